The molecule has 1 aromatic heterocycles. The predicted molar refractivity (Wildman–Crippen MR) is 89.6 cm³/mol. The molecular formula is C19H20N2O. The molecule has 0 bridgehead atoms. The Balaban J connectivity index is 1.55. The van der Waals surface area contributed by atoms with Gasteiger partial charge in [0.05, 0.1) is 6.04 Å². The Labute approximate surface area is 130 Å². The van der Waals surface area contributed by atoms with Crippen LogP contribution in [0, 0.1) is 0 Å². The first kappa shape index (κ1) is 14.4. The van der Waals surface area contributed by atoms with E-state index in [1.807, 2.05) is 43.5 Å². The number of benzene rings is 2. The van der Waals surface area contributed by atoms with Crippen molar-refractivity contribution in [2.45, 2.75) is 25.8 Å². The Morgan fingerprint density at radius 1 is 1.14 bits per heavy atom. The summed E-state index contributed by atoms with van der Waals surface area (Å²) in [6.45, 7) is 2.01. The van der Waals surface area contributed by atoms with E-state index < -0.39 is 0 Å². The normalized spacial score (nSPS) is 12.2. The van der Waals surface area contributed by atoms with E-state index in [9.17, 15) is 4.79 Å². The first-order valence-electron chi connectivity index (χ1n) is 7.63. The maximum atomic E-state index is 12.1. The molecule has 112 valence electrons. The van der Waals surface area contributed by atoms with Crippen LogP contribution in [0.15, 0.2) is 60.8 Å². The van der Waals surface area contributed by atoms with Crippen LogP contribution in [0.25, 0.3) is 10.9 Å². The minimum atomic E-state index is 0.0425. The molecule has 0 unspecified atom stereocenters. The van der Waals surface area contributed by atoms with E-state index in [0.29, 0.717) is 6.42 Å². The molecule has 0 aliphatic heterocycles. The van der Waals surface area contributed by atoms with E-state index in [-0.39, 0.29) is 11.9 Å². The molecule has 1 atom stereocenters. The highest BCUT2D eigenvalue weighted by atomic mass is 16.1. The van der Waals surface area contributed by atoms with Gasteiger partial charge < -0.3 is 10.3 Å². The van der Waals surface area contributed by atoms with Crippen LogP contribution in [0.1, 0.15) is 30.5 Å². The second-order valence-electron chi connectivity index (χ2n) is 5.60. The van der Waals surface area contributed by atoms with Gasteiger partial charge in [-0.1, -0.05) is 36.4 Å². The zero-order chi connectivity index (χ0) is 15.4. The van der Waals surface area contributed by atoms with Gasteiger partial charge in [0.15, 0.2) is 0 Å². The van der Waals surface area contributed by atoms with Gasteiger partial charge >= 0.3 is 0 Å². The van der Waals surface area contributed by atoms with Crippen LogP contribution < -0.4 is 5.32 Å². The van der Waals surface area contributed by atoms with Crippen LogP contribution in [-0.4, -0.2) is 10.9 Å². The molecule has 0 saturated carbocycles. The monoisotopic (exact) mass is 292 g/mol. The summed E-state index contributed by atoms with van der Waals surface area (Å²) in [5.41, 5.74) is 3.45. The fourth-order valence-electron chi connectivity index (χ4n) is 2.65. The van der Waals surface area contributed by atoms with Gasteiger partial charge in [-0.3, -0.25) is 4.79 Å². The number of rotatable bonds is 5. The number of fused-ring (bicyclic) bond motifs is 1. The molecule has 0 saturated heterocycles. The maximum Gasteiger partial charge on any atom is 0.220 e. The van der Waals surface area contributed by atoms with E-state index >= 15 is 0 Å². The predicted octanol–water partition coefficient (Wildman–Crippen LogP) is 3.98. The van der Waals surface area contributed by atoms with Crippen LogP contribution in [0.2, 0.25) is 0 Å². The molecule has 0 spiro atoms. The number of aryl methyl sites for hydroxylation is 1. The highest BCUT2D eigenvalue weighted by Crippen LogP contribution is 2.16. The Hall–Kier alpha value is -2.55. The van der Waals surface area contributed by atoms with Gasteiger partial charge in [0, 0.05) is 18.1 Å². The average molecular weight is 292 g/mol. The van der Waals surface area contributed by atoms with Gasteiger partial charge in [-0.25, -0.2) is 0 Å². The summed E-state index contributed by atoms with van der Waals surface area (Å²) in [5, 5.41) is 4.24. The molecule has 3 heteroatoms. The van der Waals surface area contributed by atoms with Crippen LogP contribution >= 0.6 is 0 Å². The summed E-state index contributed by atoms with van der Waals surface area (Å²) >= 11 is 0. The zero-order valence-electron chi connectivity index (χ0n) is 12.7. The number of carbonyl (C=O) groups excluding carboxylic acids is 1. The van der Waals surface area contributed by atoms with Crippen LogP contribution in [0.3, 0.4) is 0 Å². The van der Waals surface area contributed by atoms with E-state index in [1.165, 1.54) is 10.9 Å². The molecule has 22 heavy (non-hydrogen) atoms. The second-order valence-corrected chi connectivity index (χ2v) is 5.60. The highest BCUT2D eigenvalue weighted by Gasteiger charge is 2.09. The van der Waals surface area contributed by atoms with E-state index in [4.69, 9.17) is 0 Å². The molecule has 3 rings (SSSR count). The Morgan fingerprint density at radius 2 is 1.95 bits per heavy atom. The number of H-pyrrole nitrogens is 1. The van der Waals surface area contributed by atoms with Crippen LogP contribution in [-0.2, 0) is 11.2 Å². The van der Waals surface area contributed by atoms with E-state index in [0.717, 1.165) is 17.5 Å². The van der Waals surface area contributed by atoms with Gasteiger partial charge in [0.25, 0.3) is 0 Å². The number of nitrogens with one attached hydrogen (secondary N) is 2. The second kappa shape index (κ2) is 6.48. The van der Waals surface area contributed by atoms with E-state index in [1.54, 1.807) is 0 Å². The van der Waals surface area contributed by atoms with Crippen LogP contribution in [0.5, 0.6) is 0 Å². The van der Waals surface area contributed by atoms with Gasteiger partial charge in [0.1, 0.15) is 0 Å². The smallest absolute Gasteiger partial charge is 0.220 e. The largest absolute Gasteiger partial charge is 0.361 e. The average Bonchev–Trinajstić information content (AvgIpc) is 3.01. The van der Waals surface area contributed by atoms with Gasteiger partial charge in [-0.2, -0.15) is 0 Å². The molecular weight excluding hydrogens is 272 g/mol. The molecule has 1 amide bonds. The molecule has 3 nitrogen and oxygen atoms in total. The number of hydrogen-bond acceptors (Lipinski definition) is 1. The molecule has 3 aromatic rings. The van der Waals surface area contributed by atoms with Crippen molar-refractivity contribution in [3.05, 3.63) is 71.9 Å². The third-order valence-corrected chi connectivity index (χ3v) is 3.94. The summed E-state index contributed by atoms with van der Waals surface area (Å²) < 4.78 is 0. The number of aromatic nitrogens is 1. The Bertz CT molecular complexity index is 761. The lowest BCUT2D eigenvalue weighted by Gasteiger charge is -2.14. The fourth-order valence-corrected chi connectivity index (χ4v) is 2.65. The lowest BCUT2D eigenvalue weighted by molar-refractivity contribution is -0.121. The number of amides is 1. The minimum absolute atomic E-state index is 0.0425. The van der Waals surface area contributed by atoms with Crippen molar-refractivity contribution in [2.24, 2.45) is 0 Å². The zero-order valence-corrected chi connectivity index (χ0v) is 12.7. The third kappa shape index (κ3) is 3.37. The number of carbonyl (C=O) groups is 1. The topological polar surface area (TPSA) is 44.9 Å². The first-order chi connectivity index (χ1) is 10.7. The van der Waals surface area contributed by atoms with Gasteiger partial charge in [-0.05, 0) is 48.1 Å². The molecule has 1 heterocycles. The van der Waals surface area contributed by atoms with Crippen molar-refractivity contribution >= 4 is 16.8 Å². The van der Waals surface area contributed by atoms with Gasteiger partial charge in [-0.15, -0.1) is 0 Å². The summed E-state index contributed by atoms with van der Waals surface area (Å²) in [6.07, 6.45) is 3.20. The molecule has 0 aliphatic rings. The van der Waals surface area contributed by atoms with Crippen molar-refractivity contribution in [2.75, 3.05) is 0 Å². The Morgan fingerprint density at radius 3 is 2.77 bits per heavy atom. The van der Waals surface area contributed by atoms with Crippen molar-refractivity contribution < 1.29 is 4.79 Å². The molecule has 2 aromatic carbocycles. The SMILES string of the molecule is C[C@H](NC(=O)CCc1ccc2[nH]ccc2c1)c1ccccc1. The standard InChI is InChI=1S/C19H20N2O/c1-14(16-5-3-2-4-6-16)21-19(22)10-8-15-7-9-18-17(13-15)11-12-20-18/h2-7,9,11-14,20H,8,10H2,1H3,(H,21,22)/t14-/m0/s1. The van der Waals surface area contributed by atoms with Crippen molar-refractivity contribution in [3.8, 4) is 0 Å². The number of hydrogen-bond donors (Lipinski definition) is 2. The number of aromatic amines is 1. The summed E-state index contributed by atoms with van der Waals surface area (Å²) in [6, 6.07) is 18.4. The quantitative estimate of drug-likeness (QED) is 0.734. The van der Waals surface area contributed by atoms with Crippen molar-refractivity contribution in [1.82, 2.24) is 10.3 Å². The fraction of sp³-hybridized carbons (Fsp3) is 0.211. The van der Waals surface area contributed by atoms with Crippen molar-refractivity contribution in [1.29, 1.82) is 0 Å². The Kier molecular flexibility index (Phi) is 4.24. The first-order valence-corrected chi connectivity index (χ1v) is 7.63. The van der Waals surface area contributed by atoms with Crippen molar-refractivity contribution in [3.63, 3.8) is 0 Å². The lowest BCUT2D eigenvalue weighted by Crippen LogP contribution is -2.26. The summed E-state index contributed by atoms with van der Waals surface area (Å²) in [4.78, 5) is 15.3. The summed E-state index contributed by atoms with van der Waals surface area (Å²) in [7, 11) is 0. The molecule has 0 aliphatic carbocycles. The third-order valence-electron chi connectivity index (χ3n) is 3.94. The van der Waals surface area contributed by atoms with Crippen LogP contribution in [0.4, 0.5) is 0 Å². The summed E-state index contributed by atoms with van der Waals surface area (Å²) in [5.74, 6) is 0.0884. The highest BCUT2D eigenvalue weighted by molar-refractivity contribution is 5.80. The molecule has 0 radical (unpaired) electrons. The maximum absolute atomic E-state index is 12.1. The minimum Gasteiger partial charge on any atom is -0.361 e. The lowest BCUT2D eigenvalue weighted by atomic mass is 10.1. The van der Waals surface area contributed by atoms with E-state index in [2.05, 4.69) is 34.6 Å². The molecule has 0 fully saturated rings. The molecule has 2 N–H and O–H groups in total. The van der Waals surface area contributed by atoms with Gasteiger partial charge in [0.2, 0.25) is 5.91 Å².